The van der Waals surface area contributed by atoms with Gasteiger partial charge >= 0.3 is 6.36 Å². The molecule has 34 heavy (non-hydrogen) atoms. The van der Waals surface area contributed by atoms with Gasteiger partial charge in [0, 0.05) is 23.7 Å². The van der Waals surface area contributed by atoms with Gasteiger partial charge in [-0.3, -0.25) is 14.6 Å². The molecule has 0 spiro atoms. The van der Waals surface area contributed by atoms with Gasteiger partial charge in [0.1, 0.15) is 17.0 Å². The molecular weight excluding hydrogens is 458 g/mol. The lowest BCUT2D eigenvalue weighted by Crippen LogP contribution is -2.50. The molecule has 2 heterocycles. The van der Waals surface area contributed by atoms with Crippen LogP contribution in [0.1, 0.15) is 38.4 Å². The van der Waals surface area contributed by atoms with Gasteiger partial charge in [-0.25, -0.2) is 4.39 Å². The van der Waals surface area contributed by atoms with E-state index >= 15 is 0 Å². The predicted molar refractivity (Wildman–Crippen MR) is 111 cm³/mol. The number of hydrogen-bond donors (Lipinski definition) is 2. The summed E-state index contributed by atoms with van der Waals surface area (Å²) in [4.78, 5) is 28.8. The fourth-order valence-electron chi connectivity index (χ4n) is 3.76. The van der Waals surface area contributed by atoms with Gasteiger partial charge in [0.15, 0.2) is 11.6 Å². The second-order valence-corrected chi connectivity index (χ2v) is 7.44. The van der Waals surface area contributed by atoms with E-state index in [0.717, 1.165) is 12.1 Å². The average Bonchev–Trinajstić information content (AvgIpc) is 2.79. The zero-order valence-electron chi connectivity index (χ0n) is 17.4. The Bertz CT molecular complexity index is 1250. The van der Waals surface area contributed by atoms with E-state index in [2.05, 4.69) is 15.0 Å². The Morgan fingerprint density at radius 3 is 2.44 bits per heavy atom. The number of fused-ring (bicyclic) bond motifs is 1. The molecule has 0 unspecified atom stereocenters. The van der Waals surface area contributed by atoms with Crippen LogP contribution in [-0.2, 0) is 5.54 Å². The van der Waals surface area contributed by atoms with Gasteiger partial charge in [-0.05, 0) is 54.1 Å². The standard InChI is InChI=1S/C23H17F4N3O4/c24-16-12-15(7-8-17(16)34-23(25,26)27)22(9-11-33-18-2-1-10-29-19(18)22)30-21(32)14-5-3-13(4-6-14)20(28)31/h1-8,10,12H,9,11H2,(H2,28,31)(H,30,32)/t22-/m0/s1. The van der Waals surface area contributed by atoms with E-state index in [4.69, 9.17) is 10.5 Å². The SMILES string of the molecule is NC(=O)c1ccc(C(=O)N[C@]2(c3ccc(OC(F)(F)F)c(F)c3)CCOc3cccnc32)cc1. The van der Waals surface area contributed by atoms with Crippen LogP contribution in [0.15, 0.2) is 60.8 Å². The molecule has 1 aliphatic heterocycles. The van der Waals surface area contributed by atoms with Crippen LogP contribution in [0.25, 0.3) is 0 Å². The smallest absolute Gasteiger partial charge is 0.491 e. The van der Waals surface area contributed by atoms with E-state index in [0.29, 0.717) is 5.75 Å². The zero-order chi connectivity index (χ0) is 24.5. The first-order valence-electron chi connectivity index (χ1n) is 9.95. The van der Waals surface area contributed by atoms with Crippen LogP contribution >= 0.6 is 0 Å². The number of nitrogens with one attached hydrogen (secondary N) is 1. The normalized spacial score (nSPS) is 17.3. The summed E-state index contributed by atoms with van der Waals surface area (Å²) in [5.74, 6) is -3.20. The molecule has 0 radical (unpaired) electrons. The molecular formula is C23H17F4N3O4. The molecule has 0 fully saturated rings. The van der Waals surface area contributed by atoms with Crippen LogP contribution in [-0.4, -0.2) is 29.8 Å². The van der Waals surface area contributed by atoms with Crippen molar-refractivity contribution in [3.63, 3.8) is 0 Å². The van der Waals surface area contributed by atoms with Crippen molar-refractivity contribution in [2.45, 2.75) is 18.3 Å². The molecule has 176 valence electrons. The van der Waals surface area contributed by atoms with Crippen molar-refractivity contribution in [3.05, 3.63) is 89.0 Å². The molecule has 3 aromatic rings. The number of rotatable bonds is 5. The van der Waals surface area contributed by atoms with Crippen molar-refractivity contribution in [1.82, 2.24) is 10.3 Å². The van der Waals surface area contributed by atoms with Crippen LogP contribution in [0.2, 0.25) is 0 Å². The molecule has 1 aliphatic rings. The summed E-state index contributed by atoms with van der Waals surface area (Å²) >= 11 is 0. The number of aromatic nitrogens is 1. The molecule has 0 aliphatic carbocycles. The molecule has 1 aromatic heterocycles. The molecule has 3 N–H and O–H groups in total. The predicted octanol–water partition coefficient (Wildman–Crippen LogP) is 3.67. The molecule has 11 heteroatoms. The first-order chi connectivity index (χ1) is 16.1. The molecule has 0 bridgehead atoms. The number of alkyl halides is 3. The summed E-state index contributed by atoms with van der Waals surface area (Å²) in [7, 11) is 0. The van der Waals surface area contributed by atoms with Crippen molar-refractivity contribution < 1.29 is 36.6 Å². The van der Waals surface area contributed by atoms with Gasteiger partial charge in [0.05, 0.1) is 6.61 Å². The molecule has 1 atom stereocenters. The molecule has 2 amide bonds. The number of halogens is 4. The number of carbonyl (C=O) groups is 2. The fourth-order valence-corrected chi connectivity index (χ4v) is 3.76. The van der Waals surface area contributed by atoms with Gasteiger partial charge in [0.25, 0.3) is 5.91 Å². The molecule has 2 aromatic carbocycles. The molecule has 4 rings (SSSR count). The number of nitrogens with two attached hydrogens (primary N) is 1. The maximum Gasteiger partial charge on any atom is 0.573 e. The summed E-state index contributed by atoms with van der Waals surface area (Å²) in [5, 5.41) is 2.84. The fraction of sp³-hybridized carbons (Fsp3) is 0.174. The monoisotopic (exact) mass is 475 g/mol. The van der Waals surface area contributed by atoms with Gasteiger partial charge in [-0.1, -0.05) is 6.07 Å². The Kier molecular flexibility index (Phi) is 5.86. The second-order valence-electron chi connectivity index (χ2n) is 7.44. The van der Waals surface area contributed by atoms with Crippen molar-refractivity contribution in [2.75, 3.05) is 6.61 Å². The molecule has 7 nitrogen and oxygen atoms in total. The number of pyridine rings is 1. The number of carbonyl (C=O) groups excluding carboxylic acids is 2. The summed E-state index contributed by atoms with van der Waals surface area (Å²) in [6, 6.07) is 11.7. The summed E-state index contributed by atoms with van der Waals surface area (Å²) in [6.45, 7) is 0.113. The third kappa shape index (κ3) is 4.49. The number of nitrogens with zero attached hydrogens (tertiary/aromatic N) is 1. The van der Waals surface area contributed by atoms with Crippen molar-refractivity contribution in [3.8, 4) is 11.5 Å². The van der Waals surface area contributed by atoms with E-state index in [9.17, 15) is 27.2 Å². The van der Waals surface area contributed by atoms with Gasteiger partial charge in [0.2, 0.25) is 5.91 Å². The largest absolute Gasteiger partial charge is 0.573 e. The number of primary amides is 1. The van der Waals surface area contributed by atoms with E-state index in [1.807, 2.05) is 0 Å². The van der Waals surface area contributed by atoms with Gasteiger partial charge in [-0.15, -0.1) is 13.2 Å². The third-order valence-electron chi connectivity index (χ3n) is 5.32. The van der Waals surface area contributed by atoms with E-state index < -0.39 is 35.3 Å². The van der Waals surface area contributed by atoms with Crippen molar-refractivity contribution in [1.29, 1.82) is 0 Å². The lowest BCUT2D eigenvalue weighted by Gasteiger charge is -2.39. The number of ether oxygens (including phenoxy) is 2. The first-order valence-corrected chi connectivity index (χ1v) is 9.95. The van der Waals surface area contributed by atoms with Crippen molar-refractivity contribution in [2.24, 2.45) is 5.73 Å². The summed E-state index contributed by atoms with van der Waals surface area (Å²) in [5.41, 5.74) is 4.57. The minimum atomic E-state index is -5.07. The molecule has 0 saturated heterocycles. The first kappa shape index (κ1) is 23.0. The Balaban J connectivity index is 1.78. The Hall–Kier alpha value is -4.15. The van der Waals surface area contributed by atoms with Crippen LogP contribution < -0.4 is 20.5 Å². The highest BCUT2D eigenvalue weighted by Gasteiger charge is 2.43. The van der Waals surface area contributed by atoms with Crippen LogP contribution in [0, 0.1) is 5.82 Å². The van der Waals surface area contributed by atoms with Crippen LogP contribution in [0.5, 0.6) is 11.5 Å². The minimum Gasteiger partial charge on any atom is -0.491 e. The van der Waals surface area contributed by atoms with Gasteiger partial charge < -0.3 is 20.5 Å². The van der Waals surface area contributed by atoms with Crippen LogP contribution in [0.4, 0.5) is 17.6 Å². The average molecular weight is 475 g/mol. The van der Waals surface area contributed by atoms with Crippen molar-refractivity contribution >= 4 is 11.8 Å². The summed E-state index contributed by atoms with van der Waals surface area (Å²) < 4.78 is 61.7. The second kappa shape index (κ2) is 8.65. The van der Waals surface area contributed by atoms with E-state index in [-0.39, 0.29) is 35.4 Å². The van der Waals surface area contributed by atoms with Crippen LogP contribution in [0.3, 0.4) is 0 Å². The summed E-state index contributed by atoms with van der Waals surface area (Å²) in [6.07, 6.45) is -3.51. The Morgan fingerprint density at radius 2 is 1.79 bits per heavy atom. The Labute approximate surface area is 190 Å². The lowest BCUT2D eigenvalue weighted by molar-refractivity contribution is -0.275. The number of benzene rings is 2. The zero-order valence-corrected chi connectivity index (χ0v) is 17.4. The maximum atomic E-state index is 14.6. The third-order valence-corrected chi connectivity index (χ3v) is 5.32. The van der Waals surface area contributed by atoms with E-state index in [1.54, 1.807) is 12.1 Å². The quantitative estimate of drug-likeness (QED) is 0.548. The molecule has 0 saturated carbocycles. The highest BCUT2D eigenvalue weighted by molar-refractivity contribution is 5.97. The lowest BCUT2D eigenvalue weighted by atomic mass is 9.81. The van der Waals surface area contributed by atoms with Gasteiger partial charge in [-0.2, -0.15) is 0 Å². The number of amides is 2. The topological polar surface area (TPSA) is 104 Å². The highest BCUT2D eigenvalue weighted by atomic mass is 19.4. The highest BCUT2D eigenvalue weighted by Crippen LogP contribution is 2.42. The van der Waals surface area contributed by atoms with E-state index in [1.165, 1.54) is 36.5 Å². The maximum absolute atomic E-state index is 14.6. The minimum absolute atomic E-state index is 0.112. The number of hydrogen-bond acceptors (Lipinski definition) is 5. The Morgan fingerprint density at radius 1 is 1.09 bits per heavy atom.